The second kappa shape index (κ2) is 8.36. The van der Waals surface area contributed by atoms with Crippen molar-refractivity contribution in [1.82, 2.24) is 0 Å². The van der Waals surface area contributed by atoms with Gasteiger partial charge in [0.2, 0.25) is 0 Å². The Kier molecular flexibility index (Phi) is 4.68. The van der Waals surface area contributed by atoms with E-state index in [-0.39, 0.29) is 12.0 Å². The summed E-state index contributed by atoms with van der Waals surface area (Å²) >= 11 is 0. The smallest absolute Gasteiger partial charge is 0.135 e. The van der Waals surface area contributed by atoms with Crippen LogP contribution < -0.4 is 9.64 Å². The lowest BCUT2D eigenvalue weighted by Gasteiger charge is -2.35. The Morgan fingerprint density at radius 3 is 2.11 bits per heavy atom. The number of para-hydroxylation sites is 1. The van der Waals surface area contributed by atoms with Gasteiger partial charge in [-0.1, -0.05) is 103 Å². The molecule has 2 heteroatoms. The van der Waals surface area contributed by atoms with Crippen LogP contribution in [0.5, 0.6) is 5.75 Å². The topological polar surface area (TPSA) is 12.5 Å². The first-order chi connectivity index (χ1) is 18.8. The lowest BCUT2D eigenvalue weighted by atomic mass is 9.81. The van der Waals surface area contributed by atoms with E-state index in [1.165, 1.54) is 49.6 Å². The number of hydrogen-bond donors (Lipinski definition) is 0. The third kappa shape index (κ3) is 3.20. The van der Waals surface area contributed by atoms with Gasteiger partial charge in [-0.2, -0.15) is 0 Å². The second-order valence-corrected chi connectivity index (χ2v) is 10.1. The summed E-state index contributed by atoms with van der Waals surface area (Å²) in [5, 5.41) is 4.92. The van der Waals surface area contributed by atoms with Gasteiger partial charge in [0.05, 0.1) is 11.4 Å². The lowest BCUT2D eigenvalue weighted by molar-refractivity contribution is 0.223. The summed E-state index contributed by atoms with van der Waals surface area (Å²) in [4.78, 5) is 2.43. The van der Waals surface area contributed by atoms with Crippen molar-refractivity contribution in [3.05, 3.63) is 156 Å². The van der Waals surface area contributed by atoms with Crippen molar-refractivity contribution in [2.45, 2.75) is 12.0 Å². The SMILES string of the molecule is C1=C(N(c2ccccc2)c2cccc3ccccc23)c2ccccc2[C@@H]2Oc3cc4ccccc4cc3C12. The number of anilines is 2. The molecule has 180 valence electrons. The van der Waals surface area contributed by atoms with E-state index in [9.17, 15) is 0 Å². The van der Waals surface area contributed by atoms with E-state index in [1.807, 2.05) is 0 Å². The first kappa shape index (κ1) is 21.3. The molecule has 8 rings (SSSR count). The van der Waals surface area contributed by atoms with Gasteiger partial charge in [-0.25, -0.2) is 0 Å². The van der Waals surface area contributed by atoms with E-state index in [4.69, 9.17) is 4.74 Å². The number of ether oxygens (including phenoxy) is 1. The fraction of sp³-hybridized carbons (Fsp3) is 0.0556. The zero-order valence-electron chi connectivity index (χ0n) is 20.8. The van der Waals surface area contributed by atoms with Gasteiger partial charge in [-0.05, 0) is 52.6 Å². The normalized spacial score (nSPS) is 17.3. The van der Waals surface area contributed by atoms with Crippen LogP contribution >= 0.6 is 0 Å². The molecule has 2 atom stereocenters. The van der Waals surface area contributed by atoms with Gasteiger partial charge in [0, 0.05) is 33.7 Å². The van der Waals surface area contributed by atoms with Crippen molar-refractivity contribution in [3.8, 4) is 5.75 Å². The highest BCUT2D eigenvalue weighted by atomic mass is 16.5. The molecular formula is C36H25NO. The van der Waals surface area contributed by atoms with E-state index in [2.05, 4.69) is 144 Å². The van der Waals surface area contributed by atoms with Crippen LogP contribution in [0.2, 0.25) is 0 Å². The molecule has 0 radical (unpaired) electrons. The highest BCUT2D eigenvalue weighted by Gasteiger charge is 2.40. The predicted molar refractivity (Wildman–Crippen MR) is 157 cm³/mol. The molecule has 0 spiro atoms. The zero-order valence-corrected chi connectivity index (χ0v) is 20.8. The van der Waals surface area contributed by atoms with Crippen molar-refractivity contribution in [3.63, 3.8) is 0 Å². The molecule has 2 aliphatic rings. The second-order valence-electron chi connectivity index (χ2n) is 10.1. The Bertz CT molecular complexity index is 1860. The van der Waals surface area contributed by atoms with Crippen LogP contribution in [0, 0.1) is 0 Å². The Balaban J connectivity index is 1.40. The van der Waals surface area contributed by atoms with Gasteiger partial charge in [0.15, 0.2) is 0 Å². The zero-order chi connectivity index (χ0) is 25.1. The third-order valence-corrected chi connectivity index (χ3v) is 7.96. The van der Waals surface area contributed by atoms with E-state index in [0.29, 0.717) is 0 Å². The van der Waals surface area contributed by atoms with Crippen molar-refractivity contribution < 1.29 is 4.74 Å². The number of rotatable bonds is 3. The van der Waals surface area contributed by atoms with Crippen molar-refractivity contribution in [1.29, 1.82) is 0 Å². The third-order valence-electron chi connectivity index (χ3n) is 7.96. The van der Waals surface area contributed by atoms with Crippen LogP contribution in [0.3, 0.4) is 0 Å². The average molecular weight is 488 g/mol. The van der Waals surface area contributed by atoms with Gasteiger partial charge in [0.25, 0.3) is 0 Å². The van der Waals surface area contributed by atoms with Gasteiger partial charge < -0.3 is 9.64 Å². The molecule has 6 aromatic rings. The maximum atomic E-state index is 6.69. The van der Waals surface area contributed by atoms with Crippen LogP contribution in [0.15, 0.2) is 140 Å². The minimum atomic E-state index is -0.0353. The molecule has 1 aliphatic heterocycles. The molecule has 0 fully saturated rings. The summed E-state index contributed by atoms with van der Waals surface area (Å²) < 4.78 is 6.69. The van der Waals surface area contributed by atoms with Crippen molar-refractivity contribution in [2.24, 2.45) is 0 Å². The monoisotopic (exact) mass is 487 g/mol. The number of fused-ring (bicyclic) bond motifs is 7. The van der Waals surface area contributed by atoms with Crippen LogP contribution in [-0.4, -0.2) is 0 Å². The Labute approximate surface area is 222 Å². The molecule has 2 nitrogen and oxygen atoms in total. The molecule has 1 heterocycles. The van der Waals surface area contributed by atoms with E-state index in [1.54, 1.807) is 0 Å². The largest absolute Gasteiger partial charge is 0.484 e. The standard InChI is InChI=1S/C36H25NO/c1-2-15-27(16-3-1)37(33-20-10-14-24-11-6-7-17-28(24)33)34-23-32-31-21-25-12-4-5-13-26(25)22-35(31)38-36(32)30-19-9-8-18-29(30)34/h1-23,32,36H/t32?,36-/m0/s1. The number of hydrogen-bond acceptors (Lipinski definition) is 2. The average Bonchev–Trinajstić information content (AvgIpc) is 3.34. The quantitative estimate of drug-likeness (QED) is 0.246. The van der Waals surface area contributed by atoms with E-state index < -0.39 is 0 Å². The molecule has 0 bridgehead atoms. The Morgan fingerprint density at radius 2 is 1.24 bits per heavy atom. The maximum Gasteiger partial charge on any atom is 0.135 e. The van der Waals surface area contributed by atoms with Crippen LogP contribution in [0.4, 0.5) is 11.4 Å². The fourth-order valence-corrected chi connectivity index (χ4v) is 6.23. The molecule has 1 unspecified atom stereocenters. The molecule has 0 amide bonds. The van der Waals surface area contributed by atoms with Gasteiger partial charge in [-0.3, -0.25) is 0 Å². The Hall–Kier alpha value is -4.82. The molecule has 38 heavy (non-hydrogen) atoms. The molecule has 0 saturated carbocycles. The molecule has 0 aromatic heterocycles. The predicted octanol–water partition coefficient (Wildman–Crippen LogP) is 9.40. The lowest BCUT2D eigenvalue weighted by Crippen LogP contribution is -2.23. The van der Waals surface area contributed by atoms with Gasteiger partial charge in [0.1, 0.15) is 11.9 Å². The summed E-state index contributed by atoms with van der Waals surface area (Å²) in [7, 11) is 0. The van der Waals surface area contributed by atoms with Crippen LogP contribution in [0.1, 0.15) is 28.7 Å². The van der Waals surface area contributed by atoms with Crippen LogP contribution in [0.25, 0.3) is 27.2 Å². The first-order valence-corrected chi connectivity index (χ1v) is 13.2. The number of nitrogens with zero attached hydrogens (tertiary/aromatic N) is 1. The highest BCUT2D eigenvalue weighted by Crippen LogP contribution is 2.54. The minimum Gasteiger partial charge on any atom is -0.484 e. The first-order valence-electron chi connectivity index (χ1n) is 13.2. The van der Waals surface area contributed by atoms with Crippen molar-refractivity contribution >= 4 is 38.6 Å². The fourth-order valence-electron chi connectivity index (χ4n) is 6.23. The minimum absolute atomic E-state index is 0.0353. The summed E-state index contributed by atoms with van der Waals surface area (Å²) in [6.07, 6.45) is 2.40. The molecule has 0 N–H and O–H groups in total. The highest BCUT2D eigenvalue weighted by molar-refractivity contribution is 6.02. The van der Waals surface area contributed by atoms with Gasteiger partial charge in [-0.15, -0.1) is 0 Å². The van der Waals surface area contributed by atoms with E-state index >= 15 is 0 Å². The molecule has 6 aromatic carbocycles. The summed E-state index contributed by atoms with van der Waals surface area (Å²) in [5.41, 5.74) is 7.20. The summed E-state index contributed by atoms with van der Waals surface area (Å²) in [6, 6.07) is 47.7. The maximum absolute atomic E-state index is 6.69. The van der Waals surface area contributed by atoms with Gasteiger partial charge >= 0.3 is 0 Å². The molecular weight excluding hydrogens is 462 g/mol. The van der Waals surface area contributed by atoms with Crippen molar-refractivity contribution in [2.75, 3.05) is 4.90 Å². The van der Waals surface area contributed by atoms with Crippen LogP contribution in [-0.2, 0) is 0 Å². The Morgan fingerprint density at radius 1 is 0.553 bits per heavy atom. The summed E-state index contributed by atoms with van der Waals surface area (Å²) in [5.74, 6) is 1.11. The molecule has 1 aliphatic carbocycles. The number of benzene rings is 6. The molecule has 0 saturated heterocycles. The summed E-state index contributed by atoms with van der Waals surface area (Å²) in [6.45, 7) is 0. The van der Waals surface area contributed by atoms with E-state index in [0.717, 1.165) is 11.4 Å².